The van der Waals surface area contributed by atoms with Crippen molar-refractivity contribution in [1.82, 2.24) is 0 Å². The molecule has 0 bridgehead atoms. The lowest BCUT2D eigenvalue weighted by Gasteiger charge is -2.48. The summed E-state index contributed by atoms with van der Waals surface area (Å²) in [5.41, 5.74) is 6.02. The Bertz CT molecular complexity index is 160. The Kier molecular flexibility index (Phi) is 2.10. The largest absolute Gasteiger partial charge is 0.393 e. The molecule has 70 valence electrons. The van der Waals surface area contributed by atoms with Crippen LogP contribution in [-0.4, -0.2) is 30.0 Å². The summed E-state index contributed by atoms with van der Waals surface area (Å²) in [7, 11) is 0. The molecule has 1 heterocycles. The Morgan fingerprint density at radius 1 is 1.42 bits per heavy atom. The van der Waals surface area contributed by atoms with Crippen LogP contribution in [0.25, 0.3) is 0 Å². The third-order valence-corrected chi connectivity index (χ3v) is 3.20. The van der Waals surface area contributed by atoms with Gasteiger partial charge in [0, 0.05) is 18.1 Å². The summed E-state index contributed by atoms with van der Waals surface area (Å²) in [5, 5.41) is 9.19. The van der Waals surface area contributed by atoms with Gasteiger partial charge in [0.25, 0.3) is 0 Å². The number of aliphatic hydroxyl groups is 1. The normalized spacial score (nSPS) is 48.5. The highest BCUT2D eigenvalue weighted by atomic mass is 16.5. The minimum atomic E-state index is -0.156. The first-order valence-corrected chi connectivity index (χ1v) is 4.75. The molecule has 0 aromatic heterocycles. The van der Waals surface area contributed by atoms with E-state index < -0.39 is 0 Å². The van der Waals surface area contributed by atoms with Crippen molar-refractivity contribution in [2.45, 2.75) is 37.3 Å². The molecule has 0 aromatic carbocycles. The molecule has 3 nitrogen and oxygen atoms in total. The Morgan fingerprint density at radius 3 is 2.67 bits per heavy atom. The number of hydrogen-bond acceptors (Lipinski definition) is 3. The maximum Gasteiger partial charge on any atom is 0.0575 e. The van der Waals surface area contributed by atoms with Crippen molar-refractivity contribution in [3.05, 3.63) is 0 Å². The molecule has 0 spiro atoms. The molecule has 1 atom stereocenters. The maximum atomic E-state index is 9.19. The first-order chi connectivity index (χ1) is 5.71. The Labute approximate surface area is 72.9 Å². The van der Waals surface area contributed by atoms with Crippen LogP contribution in [-0.2, 0) is 4.74 Å². The molecule has 2 fully saturated rings. The molecular weight excluding hydrogens is 154 g/mol. The number of rotatable bonds is 1. The molecule has 3 N–H and O–H groups in total. The fraction of sp³-hybridized carbons (Fsp3) is 1.00. The molecule has 2 rings (SSSR count). The van der Waals surface area contributed by atoms with Crippen molar-refractivity contribution < 1.29 is 9.84 Å². The van der Waals surface area contributed by atoms with Gasteiger partial charge in [-0.05, 0) is 25.7 Å². The van der Waals surface area contributed by atoms with Gasteiger partial charge in [0.05, 0.1) is 12.7 Å². The fourth-order valence-electron chi connectivity index (χ4n) is 2.35. The predicted molar refractivity (Wildman–Crippen MR) is 45.7 cm³/mol. The van der Waals surface area contributed by atoms with Crippen molar-refractivity contribution in [1.29, 1.82) is 0 Å². The molecule has 12 heavy (non-hydrogen) atoms. The van der Waals surface area contributed by atoms with Crippen LogP contribution >= 0.6 is 0 Å². The van der Waals surface area contributed by atoms with Crippen LogP contribution in [0, 0.1) is 5.92 Å². The van der Waals surface area contributed by atoms with E-state index in [4.69, 9.17) is 10.5 Å². The summed E-state index contributed by atoms with van der Waals surface area (Å²) in [5.74, 6) is 0.481. The zero-order chi connectivity index (χ0) is 8.60. The van der Waals surface area contributed by atoms with Crippen LogP contribution in [0.1, 0.15) is 25.7 Å². The van der Waals surface area contributed by atoms with Gasteiger partial charge in [-0.1, -0.05) is 0 Å². The summed E-state index contributed by atoms with van der Waals surface area (Å²) in [4.78, 5) is 0. The first-order valence-electron chi connectivity index (χ1n) is 4.75. The lowest BCUT2D eigenvalue weighted by molar-refractivity contribution is -0.0557. The van der Waals surface area contributed by atoms with Crippen LogP contribution in [0.4, 0.5) is 0 Å². The van der Waals surface area contributed by atoms with Gasteiger partial charge in [-0.3, -0.25) is 0 Å². The monoisotopic (exact) mass is 171 g/mol. The van der Waals surface area contributed by atoms with Crippen molar-refractivity contribution in [2.75, 3.05) is 13.2 Å². The third kappa shape index (κ3) is 1.37. The summed E-state index contributed by atoms with van der Waals surface area (Å²) in [6.07, 6.45) is 3.67. The molecule has 1 aliphatic carbocycles. The van der Waals surface area contributed by atoms with Gasteiger partial charge in [0.15, 0.2) is 0 Å². The standard InChI is InChI=1S/C9H17NO2/c10-9(4-8(11)5-9)7-2-1-3-12-6-7/h7-8,11H,1-6,10H2. The molecule has 2 aliphatic rings. The topological polar surface area (TPSA) is 55.5 Å². The lowest BCUT2D eigenvalue weighted by Crippen LogP contribution is -2.61. The molecule has 1 saturated carbocycles. The van der Waals surface area contributed by atoms with Crippen LogP contribution in [0.5, 0.6) is 0 Å². The predicted octanol–water partition coefficient (Wildman–Crippen LogP) is 0.265. The van der Waals surface area contributed by atoms with Crippen molar-refractivity contribution in [3.63, 3.8) is 0 Å². The van der Waals surface area contributed by atoms with Crippen molar-refractivity contribution in [2.24, 2.45) is 11.7 Å². The van der Waals surface area contributed by atoms with Crippen LogP contribution in [0.2, 0.25) is 0 Å². The van der Waals surface area contributed by atoms with E-state index in [0.29, 0.717) is 5.92 Å². The summed E-state index contributed by atoms with van der Waals surface area (Å²) >= 11 is 0. The summed E-state index contributed by atoms with van der Waals surface area (Å²) < 4.78 is 5.38. The SMILES string of the molecule is NC1(C2CCCOC2)CC(O)C1. The Morgan fingerprint density at radius 2 is 2.17 bits per heavy atom. The average molecular weight is 171 g/mol. The molecule has 1 aliphatic heterocycles. The molecule has 0 aromatic rings. The van der Waals surface area contributed by atoms with Gasteiger partial charge in [-0.15, -0.1) is 0 Å². The minimum Gasteiger partial charge on any atom is -0.393 e. The molecule has 1 saturated heterocycles. The highest BCUT2D eigenvalue weighted by Gasteiger charge is 2.46. The quantitative estimate of drug-likeness (QED) is 0.595. The van der Waals surface area contributed by atoms with E-state index in [1.54, 1.807) is 0 Å². The van der Waals surface area contributed by atoms with Crippen molar-refractivity contribution >= 4 is 0 Å². The number of nitrogens with two attached hydrogens (primary N) is 1. The van der Waals surface area contributed by atoms with Gasteiger partial charge in [0.2, 0.25) is 0 Å². The van der Waals surface area contributed by atoms with E-state index >= 15 is 0 Å². The van der Waals surface area contributed by atoms with E-state index in [1.807, 2.05) is 0 Å². The minimum absolute atomic E-state index is 0.111. The molecule has 1 unspecified atom stereocenters. The maximum absolute atomic E-state index is 9.19. The van der Waals surface area contributed by atoms with Crippen LogP contribution < -0.4 is 5.73 Å². The Hall–Kier alpha value is -0.120. The second-order valence-electron chi connectivity index (χ2n) is 4.21. The second kappa shape index (κ2) is 2.98. The summed E-state index contributed by atoms with van der Waals surface area (Å²) in [6.45, 7) is 1.68. The molecule has 0 radical (unpaired) electrons. The van der Waals surface area contributed by atoms with Crippen LogP contribution in [0.15, 0.2) is 0 Å². The molecule has 0 amide bonds. The van der Waals surface area contributed by atoms with E-state index in [-0.39, 0.29) is 11.6 Å². The fourth-order valence-corrected chi connectivity index (χ4v) is 2.35. The van der Waals surface area contributed by atoms with Gasteiger partial charge in [0.1, 0.15) is 0 Å². The number of hydrogen-bond donors (Lipinski definition) is 2. The average Bonchev–Trinajstić information content (AvgIpc) is 2.04. The van der Waals surface area contributed by atoms with Crippen molar-refractivity contribution in [3.8, 4) is 0 Å². The molecule has 3 heteroatoms. The van der Waals surface area contributed by atoms with E-state index in [9.17, 15) is 5.11 Å². The second-order valence-corrected chi connectivity index (χ2v) is 4.21. The Balaban J connectivity index is 1.90. The smallest absolute Gasteiger partial charge is 0.0575 e. The van der Waals surface area contributed by atoms with Gasteiger partial charge < -0.3 is 15.6 Å². The third-order valence-electron chi connectivity index (χ3n) is 3.20. The number of ether oxygens (including phenoxy) is 1. The van der Waals surface area contributed by atoms with Gasteiger partial charge in [-0.2, -0.15) is 0 Å². The van der Waals surface area contributed by atoms with E-state index in [2.05, 4.69) is 0 Å². The summed E-state index contributed by atoms with van der Waals surface area (Å²) in [6, 6.07) is 0. The highest BCUT2D eigenvalue weighted by Crippen LogP contribution is 2.39. The zero-order valence-electron chi connectivity index (χ0n) is 7.33. The van der Waals surface area contributed by atoms with Gasteiger partial charge in [-0.25, -0.2) is 0 Å². The van der Waals surface area contributed by atoms with Crippen LogP contribution in [0.3, 0.4) is 0 Å². The first kappa shape index (κ1) is 8.48. The highest BCUT2D eigenvalue weighted by molar-refractivity contribution is 5.03. The zero-order valence-corrected chi connectivity index (χ0v) is 7.33. The van der Waals surface area contributed by atoms with Gasteiger partial charge >= 0.3 is 0 Å². The van der Waals surface area contributed by atoms with E-state index in [1.165, 1.54) is 6.42 Å². The lowest BCUT2D eigenvalue weighted by atomic mass is 9.65. The molecular formula is C9H17NO2. The van der Waals surface area contributed by atoms with E-state index in [0.717, 1.165) is 32.5 Å². The number of aliphatic hydroxyl groups excluding tert-OH is 1.